The van der Waals surface area contributed by atoms with Gasteiger partial charge in [0.05, 0.1) is 0 Å². The Kier molecular flexibility index (Phi) is 23.5. The molecule has 0 radical (unpaired) electrons. The summed E-state index contributed by atoms with van der Waals surface area (Å²) in [6.45, 7) is 8.26. The van der Waals surface area contributed by atoms with Crippen LogP contribution in [0.5, 0.6) is 0 Å². The molecule has 1 N–H and O–H groups in total. The molecule has 0 aliphatic rings. The highest BCUT2D eigenvalue weighted by Gasteiger charge is 1.95. The molecule has 0 atom stereocenters. The number of hydrogen-bond donors (Lipinski definition) is 1. The van der Waals surface area contributed by atoms with Crippen LogP contribution in [0, 0.1) is 0 Å². The van der Waals surface area contributed by atoms with Gasteiger partial charge in [0.15, 0.2) is 0 Å². The van der Waals surface area contributed by atoms with Gasteiger partial charge in [0.1, 0.15) is 0 Å². The van der Waals surface area contributed by atoms with Crippen molar-refractivity contribution in [1.29, 1.82) is 0 Å². The number of aliphatic carboxylic acids is 1. The molecule has 0 fully saturated rings. The minimum Gasteiger partial charge on any atom is -0.481 e. The van der Waals surface area contributed by atoms with E-state index in [0.29, 0.717) is 6.42 Å². The third-order valence-corrected chi connectivity index (χ3v) is 3.65. The Bertz CT molecular complexity index is 246. The molecular formula is C20H38O2. The van der Waals surface area contributed by atoms with E-state index in [-0.39, 0.29) is 0 Å². The van der Waals surface area contributed by atoms with Gasteiger partial charge in [-0.15, -0.1) is 13.2 Å². The highest BCUT2D eigenvalue weighted by molar-refractivity contribution is 5.66. The molecule has 2 nitrogen and oxygen atoms in total. The van der Waals surface area contributed by atoms with Gasteiger partial charge in [0, 0.05) is 6.42 Å². The van der Waals surface area contributed by atoms with E-state index in [1.165, 1.54) is 70.6 Å². The molecule has 0 amide bonds. The largest absolute Gasteiger partial charge is 0.481 e. The van der Waals surface area contributed by atoms with Gasteiger partial charge >= 0.3 is 5.97 Å². The Morgan fingerprint density at radius 1 is 0.773 bits per heavy atom. The molecule has 0 aliphatic heterocycles. The van der Waals surface area contributed by atoms with Crippen molar-refractivity contribution >= 4 is 5.97 Å². The third-order valence-electron chi connectivity index (χ3n) is 3.65. The average molecular weight is 311 g/mol. The first kappa shape index (κ1) is 23.2. The lowest BCUT2D eigenvalue weighted by molar-refractivity contribution is -0.137. The van der Waals surface area contributed by atoms with Crippen LogP contribution in [0.3, 0.4) is 0 Å². The molecule has 0 saturated carbocycles. The maximum atomic E-state index is 10.3. The maximum absolute atomic E-state index is 10.3. The van der Waals surface area contributed by atoms with Crippen LogP contribution in [-0.2, 0) is 4.79 Å². The number of carbonyl (C=O) groups is 1. The number of carboxylic acids is 1. The molecule has 0 bridgehead atoms. The Morgan fingerprint density at radius 2 is 1.18 bits per heavy atom. The predicted octanol–water partition coefficient (Wildman–Crippen LogP) is 6.91. The van der Waals surface area contributed by atoms with Gasteiger partial charge in [0.25, 0.3) is 0 Å². The summed E-state index contributed by atoms with van der Waals surface area (Å²) in [4.78, 5) is 10.3. The van der Waals surface area contributed by atoms with E-state index >= 15 is 0 Å². The number of carboxylic acid groups (broad SMARTS) is 1. The molecule has 0 aromatic rings. The molecule has 0 saturated heterocycles. The first-order valence-electron chi connectivity index (χ1n) is 9.14. The molecule has 0 unspecified atom stereocenters. The van der Waals surface area contributed by atoms with Crippen LogP contribution in [0.2, 0.25) is 0 Å². The zero-order valence-corrected chi connectivity index (χ0v) is 14.8. The zero-order chi connectivity index (χ0) is 16.9. The molecule has 0 aromatic heterocycles. The van der Waals surface area contributed by atoms with Gasteiger partial charge < -0.3 is 5.11 Å². The summed E-state index contributed by atoms with van der Waals surface area (Å²) in [5, 5.41) is 8.51. The SMILES string of the molecule is C=C.CCCCCCCC/C=C\CCCCCCCC(=O)O. The zero-order valence-electron chi connectivity index (χ0n) is 14.8. The average Bonchev–Trinajstić information content (AvgIpc) is 2.53. The van der Waals surface area contributed by atoms with E-state index in [9.17, 15) is 4.79 Å². The van der Waals surface area contributed by atoms with E-state index in [0.717, 1.165) is 12.8 Å². The number of allylic oxidation sites excluding steroid dienone is 2. The molecule has 0 aliphatic carbocycles. The lowest BCUT2D eigenvalue weighted by Gasteiger charge is -1.99. The van der Waals surface area contributed by atoms with Crippen LogP contribution in [0.25, 0.3) is 0 Å². The van der Waals surface area contributed by atoms with Crippen molar-refractivity contribution in [2.45, 2.75) is 96.8 Å². The van der Waals surface area contributed by atoms with Gasteiger partial charge in [-0.2, -0.15) is 0 Å². The molecule has 0 rings (SSSR count). The van der Waals surface area contributed by atoms with Crippen molar-refractivity contribution in [3.8, 4) is 0 Å². The van der Waals surface area contributed by atoms with Crippen LogP contribution >= 0.6 is 0 Å². The maximum Gasteiger partial charge on any atom is 0.303 e. The van der Waals surface area contributed by atoms with Crippen LogP contribution < -0.4 is 0 Å². The summed E-state index contributed by atoms with van der Waals surface area (Å²) in [5.74, 6) is -0.664. The third kappa shape index (κ3) is 24.0. The number of hydrogen-bond acceptors (Lipinski definition) is 1. The summed E-state index contributed by atoms with van der Waals surface area (Å²) in [5.41, 5.74) is 0. The minimum atomic E-state index is -0.664. The van der Waals surface area contributed by atoms with E-state index < -0.39 is 5.97 Å². The molecule has 2 heteroatoms. The molecule has 0 spiro atoms. The summed E-state index contributed by atoms with van der Waals surface area (Å²) in [7, 11) is 0. The smallest absolute Gasteiger partial charge is 0.303 e. The second-order valence-electron chi connectivity index (χ2n) is 5.73. The molecule has 0 aromatic carbocycles. The predicted molar refractivity (Wildman–Crippen MR) is 98.3 cm³/mol. The first-order chi connectivity index (χ1) is 10.8. The Labute approximate surface area is 138 Å². The number of unbranched alkanes of at least 4 members (excludes halogenated alkanes) is 11. The van der Waals surface area contributed by atoms with E-state index in [4.69, 9.17) is 5.11 Å². The Balaban J connectivity index is 0. The van der Waals surface area contributed by atoms with Gasteiger partial charge in [0.2, 0.25) is 0 Å². The second-order valence-corrected chi connectivity index (χ2v) is 5.73. The molecule has 22 heavy (non-hydrogen) atoms. The highest BCUT2D eigenvalue weighted by atomic mass is 16.4. The van der Waals surface area contributed by atoms with Crippen LogP contribution in [0.15, 0.2) is 25.3 Å². The van der Waals surface area contributed by atoms with E-state index in [2.05, 4.69) is 32.2 Å². The molecular weight excluding hydrogens is 272 g/mol. The van der Waals surface area contributed by atoms with Crippen LogP contribution in [0.4, 0.5) is 0 Å². The van der Waals surface area contributed by atoms with Crippen molar-refractivity contribution in [2.75, 3.05) is 0 Å². The highest BCUT2D eigenvalue weighted by Crippen LogP contribution is 2.09. The fourth-order valence-electron chi connectivity index (χ4n) is 2.35. The lowest BCUT2D eigenvalue weighted by atomic mass is 10.1. The first-order valence-corrected chi connectivity index (χ1v) is 9.14. The van der Waals surface area contributed by atoms with Crippen molar-refractivity contribution in [1.82, 2.24) is 0 Å². The standard InChI is InChI=1S/C18H34O2.C2H4/c1-2-3-4-5-6-7-8-9-10-11-12-13-14-15-16-17-18(19)20;1-2/h9-10H,2-8,11-17H2,1H3,(H,19,20);1-2H2/b10-9-;. The van der Waals surface area contributed by atoms with Crippen molar-refractivity contribution < 1.29 is 9.90 Å². The van der Waals surface area contributed by atoms with Crippen molar-refractivity contribution in [3.63, 3.8) is 0 Å². The number of rotatable bonds is 15. The summed E-state index contributed by atoms with van der Waals surface area (Å²) < 4.78 is 0. The Hall–Kier alpha value is -1.05. The summed E-state index contributed by atoms with van der Waals surface area (Å²) >= 11 is 0. The van der Waals surface area contributed by atoms with E-state index in [1.54, 1.807) is 0 Å². The topological polar surface area (TPSA) is 37.3 Å². The molecule has 130 valence electrons. The fraction of sp³-hybridized carbons (Fsp3) is 0.750. The van der Waals surface area contributed by atoms with Crippen LogP contribution in [-0.4, -0.2) is 11.1 Å². The fourth-order valence-corrected chi connectivity index (χ4v) is 2.35. The molecule has 0 heterocycles. The van der Waals surface area contributed by atoms with Crippen LogP contribution in [0.1, 0.15) is 96.8 Å². The lowest BCUT2D eigenvalue weighted by Crippen LogP contribution is -1.93. The second kappa shape index (κ2) is 22.2. The van der Waals surface area contributed by atoms with Gasteiger partial charge in [-0.25, -0.2) is 0 Å². The summed E-state index contributed by atoms with van der Waals surface area (Å²) in [6.07, 6.45) is 21.2. The van der Waals surface area contributed by atoms with Gasteiger partial charge in [-0.05, 0) is 32.1 Å². The van der Waals surface area contributed by atoms with Gasteiger partial charge in [-0.3, -0.25) is 4.79 Å². The normalized spacial score (nSPS) is 10.4. The monoisotopic (exact) mass is 310 g/mol. The van der Waals surface area contributed by atoms with Crippen molar-refractivity contribution in [2.24, 2.45) is 0 Å². The quantitative estimate of drug-likeness (QED) is 0.263. The van der Waals surface area contributed by atoms with Crippen molar-refractivity contribution in [3.05, 3.63) is 25.3 Å². The minimum absolute atomic E-state index is 0.332. The Morgan fingerprint density at radius 3 is 1.64 bits per heavy atom. The summed E-state index contributed by atoms with van der Waals surface area (Å²) in [6, 6.07) is 0. The van der Waals surface area contributed by atoms with Gasteiger partial charge in [-0.1, -0.05) is 70.4 Å². The van der Waals surface area contributed by atoms with E-state index in [1.807, 2.05) is 0 Å².